The highest BCUT2D eigenvalue weighted by Crippen LogP contribution is 2.30. The van der Waals surface area contributed by atoms with Gasteiger partial charge in [-0.1, -0.05) is 17.3 Å². The zero-order valence-electron chi connectivity index (χ0n) is 14.4. The van der Waals surface area contributed by atoms with E-state index in [0.29, 0.717) is 24.4 Å². The van der Waals surface area contributed by atoms with E-state index < -0.39 is 5.60 Å². The Morgan fingerprint density at radius 2 is 2.24 bits per heavy atom. The minimum absolute atomic E-state index is 0.165. The van der Waals surface area contributed by atoms with E-state index in [2.05, 4.69) is 15.6 Å². The smallest absolute Gasteiger partial charge is 0.267 e. The van der Waals surface area contributed by atoms with Gasteiger partial charge in [0.1, 0.15) is 5.75 Å². The summed E-state index contributed by atoms with van der Waals surface area (Å²) >= 11 is 0. The molecule has 0 aliphatic carbocycles. The molecule has 0 radical (unpaired) electrons. The van der Waals surface area contributed by atoms with Crippen LogP contribution in [-0.4, -0.2) is 40.7 Å². The predicted molar refractivity (Wildman–Crippen MR) is 93.5 cm³/mol. The first kappa shape index (κ1) is 17.0. The molecule has 3 rings (SSSR count). The summed E-state index contributed by atoms with van der Waals surface area (Å²) in [4.78, 5) is 18.0. The second-order valence-electron chi connectivity index (χ2n) is 6.12. The van der Waals surface area contributed by atoms with E-state index in [1.165, 1.54) is 0 Å². The second-order valence-corrected chi connectivity index (χ2v) is 6.12. The van der Waals surface area contributed by atoms with Gasteiger partial charge in [0.05, 0.1) is 12.8 Å². The summed E-state index contributed by atoms with van der Waals surface area (Å²) in [6.07, 6.45) is 4.83. The maximum Gasteiger partial charge on any atom is 0.267 e. The van der Waals surface area contributed by atoms with Crippen LogP contribution in [0.5, 0.6) is 5.75 Å². The van der Waals surface area contributed by atoms with E-state index >= 15 is 0 Å². The lowest BCUT2D eigenvalue weighted by atomic mass is 9.94. The lowest BCUT2D eigenvalue weighted by Crippen LogP contribution is -2.45. The molecule has 1 aromatic carbocycles. The van der Waals surface area contributed by atoms with Crippen LogP contribution in [0.15, 0.2) is 47.9 Å². The number of aromatic nitrogens is 2. The maximum absolute atomic E-state index is 12.5. The van der Waals surface area contributed by atoms with E-state index in [9.17, 15) is 4.79 Å². The van der Waals surface area contributed by atoms with E-state index in [1.54, 1.807) is 20.2 Å². The molecule has 7 heteroatoms. The number of amides is 1. The molecule has 1 atom stereocenters. The Morgan fingerprint density at radius 3 is 3.00 bits per heavy atom. The van der Waals surface area contributed by atoms with E-state index in [0.717, 1.165) is 18.5 Å². The summed E-state index contributed by atoms with van der Waals surface area (Å²) < 4.78 is 7.19. The van der Waals surface area contributed by atoms with Crippen molar-refractivity contribution in [2.24, 2.45) is 5.16 Å². The molecular weight excluding hydrogens is 320 g/mol. The minimum Gasteiger partial charge on any atom is -0.496 e. The summed E-state index contributed by atoms with van der Waals surface area (Å²) in [5.41, 5.74) is 0.564. The molecule has 1 N–H and O–H groups in total. The molecule has 0 bridgehead atoms. The third-order valence-electron chi connectivity index (χ3n) is 4.17. The molecule has 0 saturated heterocycles. The average molecular weight is 342 g/mol. The van der Waals surface area contributed by atoms with Crippen LogP contribution in [0.1, 0.15) is 25.3 Å². The Labute approximate surface area is 146 Å². The van der Waals surface area contributed by atoms with Gasteiger partial charge in [-0.3, -0.25) is 9.48 Å². The van der Waals surface area contributed by atoms with E-state index in [-0.39, 0.29) is 5.91 Å². The van der Waals surface area contributed by atoms with Gasteiger partial charge in [0.25, 0.3) is 5.91 Å². The molecule has 0 spiro atoms. The molecule has 1 amide bonds. The van der Waals surface area contributed by atoms with Gasteiger partial charge in [-0.25, -0.2) is 0 Å². The molecule has 1 aromatic heterocycles. The van der Waals surface area contributed by atoms with Crippen molar-refractivity contribution in [3.63, 3.8) is 0 Å². The monoisotopic (exact) mass is 342 g/mol. The van der Waals surface area contributed by atoms with Crippen LogP contribution in [0.2, 0.25) is 0 Å². The van der Waals surface area contributed by atoms with Crippen molar-refractivity contribution in [3.05, 3.63) is 48.3 Å². The van der Waals surface area contributed by atoms with Crippen molar-refractivity contribution in [2.45, 2.75) is 31.9 Å². The van der Waals surface area contributed by atoms with Crippen molar-refractivity contribution in [1.29, 1.82) is 0 Å². The highest BCUT2D eigenvalue weighted by molar-refractivity contribution is 6.07. The van der Waals surface area contributed by atoms with Crippen LogP contribution in [0.3, 0.4) is 0 Å². The number of nitrogens with one attached hydrogen (secondary N) is 1. The first-order chi connectivity index (χ1) is 12.1. The van der Waals surface area contributed by atoms with Crippen molar-refractivity contribution in [2.75, 3.05) is 13.7 Å². The summed E-state index contributed by atoms with van der Waals surface area (Å²) in [5.74, 6) is 0.551. The largest absolute Gasteiger partial charge is 0.496 e. The van der Waals surface area contributed by atoms with Crippen LogP contribution in [0.4, 0.5) is 0 Å². The van der Waals surface area contributed by atoms with Crippen LogP contribution in [0, 0.1) is 0 Å². The van der Waals surface area contributed by atoms with Crippen molar-refractivity contribution in [1.82, 2.24) is 15.1 Å². The molecular formula is C18H22N4O3. The van der Waals surface area contributed by atoms with Gasteiger partial charge < -0.3 is 14.9 Å². The Hall–Kier alpha value is -2.83. The molecule has 0 fully saturated rings. The topological polar surface area (TPSA) is 77.7 Å². The van der Waals surface area contributed by atoms with Gasteiger partial charge in [-0.15, -0.1) is 0 Å². The molecule has 0 saturated carbocycles. The van der Waals surface area contributed by atoms with Gasteiger partial charge >= 0.3 is 0 Å². The quantitative estimate of drug-likeness (QED) is 0.781. The third kappa shape index (κ3) is 3.81. The first-order valence-corrected chi connectivity index (χ1v) is 8.26. The number of aryl methyl sites for hydroxylation is 1. The molecule has 1 aliphatic rings. The fourth-order valence-electron chi connectivity index (χ4n) is 2.75. The predicted octanol–water partition coefficient (Wildman–Crippen LogP) is 1.98. The maximum atomic E-state index is 12.5. The summed E-state index contributed by atoms with van der Waals surface area (Å²) in [6, 6.07) is 9.45. The van der Waals surface area contributed by atoms with Gasteiger partial charge in [0, 0.05) is 37.5 Å². The van der Waals surface area contributed by atoms with E-state index in [1.807, 2.05) is 41.2 Å². The number of hydrogen-bond donors (Lipinski definition) is 1. The van der Waals surface area contributed by atoms with Gasteiger partial charge in [0.15, 0.2) is 0 Å². The number of benzene rings is 1. The first-order valence-electron chi connectivity index (χ1n) is 8.26. The number of nitrogens with zero attached hydrogens (tertiary/aromatic N) is 3. The molecule has 2 heterocycles. The fraction of sp³-hybridized carbons (Fsp3) is 0.389. The van der Waals surface area contributed by atoms with Crippen LogP contribution >= 0.6 is 0 Å². The van der Waals surface area contributed by atoms with Gasteiger partial charge in [-0.05, 0) is 31.5 Å². The minimum atomic E-state index is -0.998. The zero-order valence-corrected chi connectivity index (χ0v) is 14.4. The normalized spacial score (nSPS) is 19.2. The molecule has 7 nitrogen and oxygen atoms in total. The summed E-state index contributed by atoms with van der Waals surface area (Å²) in [7, 11) is 1.61. The number of oxime groups is 1. The Balaban J connectivity index is 1.53. The molecule has 132 valence electrons. The number of methoxy groups -OCH3 is 1. The van der Waals surface area contributed by atoms with Crippen LogP contribution in [0.25, 0.3) is 0 Å². The zero-order chi connectivity index (χ0) is 17.7. The Morgan fingerprint density at radius 1 is 1.40 bits per heavy atom. The number of carbonyl (C=O) groups is 1. The van der Waals surface area contributed by atoms with Crippen molar-refractivity contribution < 1.29 is 14.4 Å². The van der Waals surface area contributed by atoms with Gasteiger partial charge in [-0.2, -0.15) is 5.10 Å². The van der Waals surface area contributed by atoms with Crippen LogP contribution < -0.4 is 10.1 Å². The van der Waals surface area contributed by atoms with Crippen LogP contribution in [-0.2, 0) is 16.2 Å². The number of ether oxygens (including phenoxy) is 1. The molecule has 1 aliphatic heterocycles. The third-order valence-corrected chi connectivity index (χ3v) is 4.17. The molecule has 25 heavy (non-hydrogen) atoms. The summed E-state index contributed by atoms with van der Waals surface area (Å²) in [6.45, 7) is 3.07. The molecule has 0 unspecified atom stereocenters. The van der Waals surface area contributed by atoms with Crippen molar-refractivity contribution >= 4 is 11.6 Å². The van der Waals surface area contributed by atoms with E-state index in [4.69, 9.17) is 9.57 Å². The standard InChI is InChI=1S/C18H22N4O3/c1-18(17(23)19-9-5-11-22-12-6-10-20-22)13-15(21-25-18)14-7-3-4-8-16(14)24-2/h3-4,6-8,10,12H,5,9,11,13H2,1-2H3,(H,19,23)/t18-/m0/s1. The fourth-order valence-corrected chi connectivity index (χ4v) is 2.75. The Bertz CT molecular complexity index is 757. The van der Waals surface area contributed by atoms with Gasteiger partial charge in [0.2, 0.25) is 5.60 Å². The number of carbonyl (C=O) groups excluding carboxylic acids is 1. The van der Waals surface area contributed by atoms with Crippen molar-refractivity contribution in [3.8, 4) is 5.75 Å². The number of rotatable bonds is 7. The molecule has 2 aromatic rings. The number of para-hydroxylation sites is 1. The SMILES string of the molecule is COc1ccccc1C1=NO[C@](C)(C(=O)NCCCn2cccn2)C1. The lowest BCUT2D eigenvalue weighted by molar-refractivity contribution is -0.141. The second kappa shape index (κ2) is 7.38. The number of hydrogen-bond acceptors (Lipinski definition) is 5. The lowest BCUT2D eigenvalue weighted by Gasteiger charge is -2.20. The Kier molecular flexibility index (Phi) is 5.02. The highest BCUT2D eigenvalue weighted by Gasteiger charge is 2.42. The highest BCUT2D eigenvalue weighted by atomic mass is 16.7. The average Bonchev–Trinajstić information content (AvgIpc) is 3.29. The summed E-state index contributed by atoms with van der Waals surface area (Å²) in [5, 5.41) is 11.2.